The average Bonchev–Trinajstić information content (AvgIpc) is 2.38. The highest BCUT2D eigenvalue weighted by molar-refractivity contribution is 6.32. The van der Waals surface area contributed by atoms with E-state index >= 15 is 0 Å². The number of rotatable bonds is 4. The molecular weight excluding hydrogens is 284 g/mol. The maximum atomic E-state index is 11.3. The molecule has 20 heavy (non-hydrogen) atoms. The number of hydrogen-bond donors (Lipinski definition) is 0. The number of halogens is 1. The van der Waals surface area contributed by atoms with Crippen LogP contribution in [0, 0.1) is 6.92 Å². The van der Waals surface area contributed by atoms with Gasteiger partial charge in [0.05, 0.1) is 11.6 Å². The van der Waals surface area contributed by atoms with Crippen LogP contribution in [0.2, 0.25) is 5.02 Å². The van der Waals surface area contributed by atoms with E-state index in [-0.39, 0.29) is 19.0 Å². The molecule has 0 atom stereocenters. The summed E-state index contributed by atoms with van der Waals surface area (Å²) >= 11 is 6.08. The number of esters is 1. The van der Waals surface area contributed by atoms with Crippen molar-refractivity contribution >= 4 is 28.5 Å². The number of ether oxygens (including phenoxy) is 2. The van der Waals surface area contributed by atoms with Gasteiger partial charge >= 0.3 is 11.6 Å². The standard InChI is InChI=1S/C14H13ClO5/c1-3-18-14(17)7-19-12-6-11-9(5-10(12)15)8(2)4-13(16)20-11/h4-6H,3,7H2,1-2H3. The highest BCUT2D eigenvalue weighted by Gasteiger charge is 2.11. The van der Waals surface area contributed by atoms with E-state index in [4.69, 9.17) is 25.5 Å². The van der Waals surface area contributed by atoms with Crippen molar-refractivity contribution < 1.29 is 18.7 Å². The molecule has 0 radical (unpaired) electrons. The molecule has 0 saturated heterocycles. The van der Waals surface area contributed by atoms with Crippen LogP contribution in [0.4, 0.5) is 0 Å². The third kappa shape index (κ3) is 3.11. The van der Waals surface area contributed by atoms with Crippen LogP contribution in [0.25, 0.3) is 11.0 Å². The van der Waals surface area contributed by atoms with Crippen molar-refractivity contribution in [2.24, 2.45) is 0 Å². The van der Waals surface area contributed by atoms with E-state index < -0.39 is 11.6 Å². The lowest BCUT2D eigenvalue weighted by Crippen LogP contribution is -2.14. The first-order valence-electron chi connectivity index (χ1n) is 6.03. The Morgan fingerprint density at radius 3 is 2.80 bits per heavy atom. The minimum Gasteiger partial charge on any atom is -0.480 e. The van der Waals surface area contributed by atoms with E-state index in [2.05, 4.69) is 0 Å². The molecule has 0 bridgehead atoms. The Labute approximate surface area is 120 Å². The molecule has 5 nitrogen and oxygen atoms in total. The summed E-state index contributed by atoms with van der Waals surface area (Å²) in [5, 5.41) is 1.05. The third-order valence-corrected chi connectivity index (χ3v) is 2.95. The number of fused-ring (bicyclic) bond motifs is 1. The number of carbonyl (C=O) groups excluding carboxylic acids is 1. The van der Waals surface area contributed by atoms with E-state index in [1.54, 1.807) is 19.9 Å². The summed E-state index contributed by atoms with van der Waals surface area (Å²) in [4.78, 5) is 22.6. The minimum atomic E-state index is -0.491. The summed E-state index contributed by atoms with van der Waals surface area (Å²) in [5.74, 6) is -0.227. The average molecular weight is 297 g/mol. The van der Waals surface area contributed by atoms with Crippen LogP contribution in [0.5, 0.6) is 5.75 Å². The summed E-state index contributed by atoms with van der Waals surface area (Å²) in [6, 6.07) is 4.51. The lowest BCUT2D eigenvalue weighted by molar-refractivity contribution is -0.145. The Morgan fingerprint density at radius 2 is 2.10 bits per heavy atom. The van der Waals surface area contributed by atoms with Crippen molar-refractivity contribution in [2.45, 2.75) is 13.8 Å². The molecular formula is C14H13ClO5. The summed E-state index contributed by atoms with van der Waals surface area (Å²) in [6.45, 7) is 3.52. The fourth-order valence-electron chi connectivity index (χ4n) is 1.77. The van der Waals surface area contributed by atoms with Crippen LogP contribution in [0.3, 0.4) is 0 Å². The fourth-order valence-corrected chi connectivity index (χ4v) is 1.99. The largest absolute Gasteiger partial charge is 0.480 e. The smallest absolute Gasteiger partial charge is 0.344 e. The van der Waals surface area contributed by atoms with Gasteiger partial charge in [0, 0.05) is 17.5 Å². The van der Waals surface area contributed by atoms with Gasteiger partial charge in [0.2, 0.25) is 0 Å². The van der Waals surface area contributed by atoms with Crippen LogP contribution in [-0.4, -0.2) is 19.2 Å². The van der Waals surface area contributed by atoms with Gasteiger partial charge in [0.15, 0.2) is 6.61 Å². The molecule has 1 heterocycles. The third-order valence-electron chi connectivity index (χ3n) is 2.65. The zero-order valence-electron chi connectivity index (χ0n) is 11.1. The molecule has 1 aromatic carbocycles. The maximum Gasteiger partial charge on any atom is 0.344 e. The molecule has 2 rings (SSSR count). The van der Waals surface area contributed by atoms with Crippen LogP contribution in [0.15, 0.2) is 27.4 Å². The van der Waals surface area contributed by atoms with Crippen LogP contribution < -0.4 is 10.4 Å². The van der Waals surface area contributed by atoms with E-state index in [0.717, 1.165) is 10.9 Å². The first-order valence-corrected chi connectivity index (χ1v) is 6.41. The quantitative estimate of drug-likeness (QED) is 0.641. The Hall–Kier alpha value is -2.01. The molecule has 6 heteroatoms. The second-order valence-corrected chi connectivity index (χ2v) is 4.53. The molecule has 0 aliphatic carbocycles. The Balaban J connectivity index is 2.33. The van der Waals surface area contributed by atoms with Crippen LogP contribution in [-0.2, 0) is 9.53 Å². The minimum absolute atomic E-state index is 0.255. The van der Waals surface area contributed by atoms with E-state index in [1.165, 1.54) is 12.1 Å². The first-order chi connectivity index (χ1) is 9.51. The predicted molar refractivity (Wildman–Crippen MR) is 74.4 cm³/mol. The summed E-state index contributed by atoms with van der Waals surface area (Å²) < 4.78 is 15.1. The van der Waals surface area contributed by atoms with Gasteiger partial charge in [-0.25, -0.2) is 9.59 Å². The number of benzene rings is 1. The molecule has 0 amide bonds. The molecule has 0 fully saturated rings. The van der Waals surface area contributed by atoms with E-state index in [1.807, 2.05) is 0 Å². The van der Waals surface area contributed by atoms with Crippen molar-refractivity contribution in [1.82, 2.24) is 0 Å². The molecule has 2 aromatic rings. The number of hydrogen-bond acceptors (Lipinski definition) is 5. The lowest BCUT2D eigenvalue weighted by atomic mass is 10.1. The normalized spacial score (nSPS) is 10.6. The predicted octanol–water partition coefficient (Wildman–Crippen LogP) is 2.70. The summed E-state index contributed by atoms with van der Waals surface area (Å²) in [5.41, 5.74) is 0.669. The Morgan fingerprint density at radius 1 is 1.35 bits per heavy atom. The zero-order valence-corrected chi connectivity index (χ0v) is 11.8. The van der Waals surface area contributed by atoms with Gasteiger partial charge in [-0.1, -0.05) is 11.6 Å². The molecule has 0 N–H and O–H groups in total. The maximum absolute atomic E-state index is 11.3. The fraction of sp³-hybridized carbons (Fsp3) is 0.286. The number of aryl methyl sites for hydroxylation is 1. The van der Waals surface area contributed by atoms with Gasteiger partial charge in [-0.3, -0.25) is 0 Å². The second-order valence-electron chi connectivity index (χ2n) is 4.12. The summed E-state index contributed by atoms with van der Waals surface area (Å²) in [7, 11) is 0. The molecule has 0 aliphatic heterocycles. The Bertz CT molecular complexity index is 705. The monoisotopic (exact) mass is 296 g/mol. The SMILES string of the molecule is CCOC(=O)COc1cc2oc(=O)cc(C)c2cc1Cl. The van der Waals surface area contributed by atoms with E-state index in [9.17, 15) is 9.59 Å². The van der Waals surface area contributed by atoms with Gasteiger partial charge < -0.3 is 13.9 Å². The van der Waals surface area contributed by atoms with Gasteiger partial charge in [-0.05, 0) is 25.5 Å². The molecule has 106 valence electrons. The van der Waals surface area contributed by atoms with Crippen molar-refractivity contribution in [3.8, 4) is 5.75 Å². The van der Waals surface area contributed by atoms with Crippen molar-refractivity contribution in [3.05, 3.63) is 39.2 Å². The van der Waals surface area contributed by atoms with E-state index in [0.29, 0.717) is 10.6 Å². The zero-order chi connectivity index (χ0) is 14.7. The van der Waals surface area contributed by atoms with Crippen molar-refractivity contribution in [1.29, 1.82) is 0 Å². The topological polar surface area (TPSA) is 65.7 Å². The second kappa shape index (κ2) is 5.96. The lowest BCUT2D eigenvalue weighted by Gasteiger charge is -2.09. The van der Waals surface area contributed by atoms with Crippen LogP contribution in [0.1, 0.15) is 12.5 Å². The van der Waals surface area contributed by atoms with Crippen molar-refractivity contribution in [2.75, 3.05) is 13.2 Å². The molecule has 1 aromatic heterocycles. The first kappa shape index (κ1) is 14.4. The number of carbonyl (C=O) groups is 1. The van der Waals surface area contributed by atoms with Gasteiger partial charge in [0.25, 0.3) is 0 Å². The van der Waals surface area contributed by atoms with Gasteiger partial charge in [-0.15, -0.1) is 0 Å². The van der Waals surface area contributed by atoms with Crippen molar-refractivity contribution in [3.63, 3.8) is 0 Å². The van der Waals surface area contributed by atoms with Crippen LogP contribution >= 0.6 is 11.6 Å². The Kier molecular flexibility index (Phi) is 4.29. The highest BCUT2D eigenvalue weighted by Crippen LogP contribution is 2.30. The molecule has 0 spiro atoms. The van der Waals surface area contributed by atoms with Gasteiger partial charge in [-0.2, -0.15) is 0 Å². The molecule has 0 aliphatic rings. The molecule has 0 saturated carbocycles. The van der Waals surface area contributed by atoms with Gasteiger partial charge in [0.1, 0.15) is 11.3 Å². The highest BCUT2D eigenvalue weighted by atomic mass is 35.5. The molecule has 0 unspecified atom stereocenters. The summed E-state index contributed by atoms with van der Waals surface area (Å²) in [6.07, 6.45) is 0.